The highest BCUT2D eigenvalue weighted by Gasteiger charge is 2.23. The van der Waals surface area contributed by atoms with Gasteiger partial charge in [-0.2, -0.15) is 0 Å². The highest BCUT2D eigenvalue weighted by molar-refractivity contribution is 7.11. The SMILES string of the molecule is CC(NC(=O)c1csc(C=CC(=O)O)c1)C1CCCC1. The Hall–Kier alpha value is -1.62. The first kappa shape index (κ1) is 14.8. The topological polar surface area (TPSA) is 66.4 Å². The first-order valence-corrected chi connectivity index (χ1v) is 7.74. The van der Waals surface area contributed by atoms with Crippen LogP contribution in [-0.2, 0) is 4.79 Å². The van der Waals surface area contributed by atoms with Crippen LogP contribution in [0.1, 0.15) is 47.8 Å². The number of aliphatic carboxylic acids is 1. The summed E-state index contributed by atoms with van der Waals surface area (Å²) in [6, 6.07) is 1.92. The molecule has 0 aromatic carbocycles. The smallest absolute Gasteiger partial charge is 0.328 e. The van der Waals surface area contributed by atoms with Gasteiger partial charge in [0.1, 0.15) is 0 Å². The average Bonchev–Trinajstić information content (AvgIpc) is 3.07. The molecule has 1 saturated carbocycles. The minimum atomic E-state index is -0.987. The van der Waals surface area contributed by atoms with E-state index in [-0.39, 0.29) is 11.9 Å². The van der Waals surface area contributed by atoms with Gasteiger partial charge in [-0.25, -0.2) is 4.79 Å². The highest BCUT2D eigenvalue weighted by atomic mass is 32.1. The maximum absolute atomic E-state index is 12.1. The number of hydrogen-bond acceptors (Lipinski definition) is 3. The Kier molecular flexibility index (Phi) is 4.95. The van der Waals surface area contributed by atoms with Crippen molar-refractivity contribution in [3.05, 3.63) is 28.0 Å². The van der Waals surface area contributed by atoms with E-state index in [2.05, 4.69) is 12.2 Å². The molecule has 1 atom stereocenters. The summed E-state index contributed by atoms with van der Waals surface area (Å²) in [4.78, 5) is 23.3. The van der Waals surface area contributed by atoms with Crippen molar-refractivity contribution in [1.82, 2.24) is 5.32 Å². The summed E-state index contributed by atoms with van der Waals surface area (Å²) in [5.74, 6) is -0.473. The molecule has 2 N–H and O–H groups in total. The Morgan fingerprint density at radius 1 is 1.45 bits per heavy atom. The largest absolute Gasteiger partial charge is 0.478 e. The van der Waals surface area contributed by atoms with E-state index < -0.39 is 5.97 Å². The summed E-state index contributed by atoms with van der Waals surface area (Å²) in [6.07, 6.45) is 7.48. The molecule has 1 aliphatic rings. The van der Waals surface area contributed by atoms with Gasteiger partial charge in [-0.3, -0.25) is 4.79 Å². The van der Waals surface area contributed by atoms with Gasteiger partial charge in [0.05, 0.1) is 5.56 Å². The van der Waals surface area contributed by atoms with Crippen molar-refractivity contribution >= 4 is 29.3 Å². The zero-order valence-corrected chi connectivity index (χ0v) is 12.3. The van der Waals surface area contributed by atoms with Gasteiger partial charge < -0.3 is 10.4 Å². The summed E-state index contributed by atoms with van der Waals surface area (Å²) < 4.78 is 0. The number of hydrogen-bond donors (Lipinski definition) is 2. The number of rotatable bonds is 5. The van der Waals surface area contributed by atoms with E-state index in [0.717, 1.165) is 11.0 Å². The minimum Gasteiger partial charge on any atom is -0.478 e. The molecule has 1 fully saturated rings. The van der Waals surface area contributed by atoms with Crippen molar-refractivity contribution in [3.8, 4) is 0 Å². The van der Waals surface area contributed by atoms with E-state index in [0.29, 0.717) is 11.5 Å². The van der Waals surface area contributed by atoms with Crippen molar-refractivity contribution in [3.63, 3.8) is 0 Å². The third kappa shape index (κ3) is 3.93. The maximum atomic E-state index is 12.1. The molecule has 1 amide bonds. The second-order valence-electron chi connectivity index (χ2n) is 5.22. The Morgan fingerprint density at radius 2 is 2.15 bits per heavy atom. The van der Waals surface area contributed by atoms with Gasteiger partial charge in [-0.1, -0.05) is 12.8 Å². The number of amides is 1. The molecular formula is C15H19NO3S. The lowest BCUT2D eigenvalue weighted by molar-refractivity contribution is -0.131. The van der Waals surface area contributed by atoms with Gasteiger partial charge in [-0.15, -0.1) is 11.3 Å². The summed E-state index contributed by atoms with van der Waals surface area (Å²) in [6.45, 7) is 2.06. The number of carboxylic acid groups (broad SMARTS) is 1. The molecular weight excluding hydrogens is 274 g/mol. The van der Waals surface area contributed by atoms with Crippen molar-refractivity contribution < 1.29 is 14.7 Å². The second kappa shape index (κ2) is 6.70. The van der Waals surface area contributed by atoms with Crippen LogP contribution in [0, 0.1) is 5.92 Å². The zero-order valence-electron chi connectivity index (χ0n) is 11.5. The minimum absolute atomic E-state index is 0.0735. The Bertz CT molecular complexity index is 515. The van der Waals surface area contributed by atoms with Gasteiger partial charge in [-0.05, 0) is 37.8 Å². The predicted molar refractivity (Wildman–Crippen MR) is 79.9 cm³/mol. The molecule has 20 heavy (non-hydrogen) atoms. The van der Waals surface area contributed by atoms with E-state index in [1.165, 1.54) is 43.1 Å². The molecule has 2 rings (SSSR count). The molecule has 1 heterocycles. The molecule has 0 saturated heterocycles. The van der Waals surface area contributed by atoms with Crippen LogP contribution in [0.5, 0.6) is 0 Å². The van der Waals surface area contributed by atoms with Crippen LogP contribution in [0.2, 0.25) is 0 Å². The van der Waals surface area contributed by atoms with Crippen LogP contribution in [0.15, 0.2) is 17.5 Å². The molecule has 108 valence electrons. The van der Waals surface area contributed by atoms with E-state index in [1.54, 1.807) is 11.4 Å². The first-order chi connectivity index (χ1) is 9.56. The molecule has 1 unspecified atom stereocenters. The van der Waals surface area contributed by atoms with Gasteiger partial charge in [0.25, 0.3) is 5.91 Å². The number of carboxylic acids is 1. The molecule has 0 spiro atoms. The maximum Gasteiger partial charge on any atom is 0.328 e. The number of thiophene rings is 1. The Labute approximate surface area is 122 Å². The van der Waals surface area contributed by atoms with E-state index in [1.807, 2.05) is 0 Å². The standard InChI is InChI=1S/C15H19NO3S/c1-10(11-4-2-3-5-11)16-15(19)12-8-13(20-9-12)6-7-14(17)18/h6-11H,2-5H2,1H3,(H,16,19)(H,17,18). The molecule has 0 bridgehead atoms. The summed E-state index contributed by atoms with van der Waals surface area (Å²) in [5.41, 5.74) is 0.602. The fourth-order valence-corrected chi connectivity index (χ4v) is 3.36. The van der Waals surface area contributed by atoms with Crippen LogP contribution in [0.3, 0.4) is 0 Å². The van der Waals surface area contributed by atoms with E-state index in [4.69, 9.17) is 5.11 Å². The molecule has 1 aromatic heterocycles. The second-order valence-corrected chi connectivity index (χ2v) is 6.16. The summed E-state index contributed by atoms with van der Waals surface area (Å²) >= 11 is 1.37. The highest BCUT2D eigenvalue weighted by Crippen LogP contribution is 2.27. The lowest BCUT2D eigenvalue weighted by atomic mass is 9.99. The first-order valence-electron chi connectivity index (χ1n) is 6.86. The quantitative estimate of drug-likeness (QED) is 0.820. The lowest BCUT2D eigenvalue weighted by Gasteiger charge is -2.19. The lowest BCUT2D eigenvalue weighted by Crippen LogP contribution is -2.36. The molecule has 0 radical (unpaired) electrons. The van der Waals surface area contributed by atoms with Gasteiger partial charge in [0, 0.05) is 22.4 Å². The molecule has 0 aliphatic heterocycles. The third-order valence-electron chi connectivity index (χ3n) is 3.74. The van der Waals surface area contributed by atoms with Crippen LogP contribution in [0.4, 0.5) is 0 Å². The summed E-state index contributed by atoms with van der Waals surface area (Å²) in [5, 5.41) is 13.4. The van der Waals surface area contributed by atoms with Gasteiger partial charge in [0.2, 0.25) is 0 Å². The summed E-state index contributed by atoms with van der Waals surface area (Å²) in [7, 11) is 0. The molecule has 5 heteroatoms. The van der Waals surface area contributed by atoms with Crippen LogP contribution in [0.25, 0.3) is 6.08 Å². The van der Waals surface area contributed by atoms with E-state index in [9.17, 15) is 9.59 Å². The van der Waals surface area contributed by atoms with Crippen molar-refractivity contribution in [1.29, 1.82) is 0 Å². The Morgan fingerprint density at radius 3 is 2.80 bits per heavy atom. The van der Waals surface area contributed by atoms with Crippen LogP contribution in [-0.4, -0.2) is 23.0 Å². The average molecular weight is 293 g/mol. The van der Waals surface area contributed by atoms with Crippen molar-refractivity contribution in [2.24, 2.45) is 5.92 Å². The van der Waals surface area contributed by atoms with Crippen molar-refractivity contribution in [2.75, 3.05) is 0 Å². The zero-order chi connectivity index (χ0) is 14.5. The number of carbonyl (C=O) groups is 2. The van der Waals surface area contributed by atoms with Crippen molar-refractivity contribution in [2.45, 2.75) is 38.6 Å². The predicted octanol–water partition coefficient (Wildman–Crippen LogP) is 3.15. The monoisotopic (exact) mass is 293 g/mol. The van der Waals surface area contributed by atoms with Crippen LogP contribution < -0.4 is 5.32 Å². The normalized spacial score (nSPS) is 17.4. The third-order valence-corrected chi connectivity index (χ3v) is 4.64. The van der Waals surface area contributed by atoms with E-state index >= 15 is 0 Å². The van der Waals surface area contributed by atoms with Gasteiger partial charge in [0.15, 0.2) is 0 Å². The molecule has 4 nitrogen and oxygen atoms in total. The number of carbonyl (C=O) groups excluding carboxylic acids is 1. The van der Waals surface area contributed by atoms with Crippen LogP contribution >= 0.6 is 11.3 Å². The molecule has 1 aromatic rings. The van der Waals surface area contributed by atoms with Gasteiger partial charge >= 0.3 is 5.97 Å². The fourth-order valence-electron chi connectivity index (χ4n) is 2.58. The number of nitrogens with one attached hydrogen (secondary N) is 1. The Balaban J connectivity index is 1.93. The molecule has 1 aliphatic carbocycles. The fraction of sp³-hybridized carbons (Fsp3) is 0.467.